The van der Waals surface area contributed by atoms with Gasteiger partial charge in [-0.1, -0.05) is 11.2 Å². The van der Waals surface area contributed by atoms with E-state index in [0.29, 0.717) is 12.3 Å². The maximum absolute atomic E-state index is 11.5. The third-order valence-corrected chi connectivity index (χ3v) is 4.65. The summed E-state index contributed by atoms with van der Waals surface area (Å²) in [6, 6.07) is 0. The smallest absolute Gasteiger partial charge is 0.190 e. The van der Waals surface area contributed by atoms with Crippen LogP contribution in [0.25, 0.3) is 0 Å². The molecule has 0 amide bonds. The van der Waals surface area contributed by atoms with E-state index in [1.165, 1.54) is 0 Å². The van der Waals surface area contributed by atoms with Gasteiger partial charge in [0.1, 0.15) is 23.9 Å². The third-order valence-electron chi connectivity index (χ3n) is 4.65. The molecule has 0 saturated carbocycles. The monoisotopic (exact) mass is 357 g/mol. The first-order chi connectivity index (χ1) is 11.6. The average molecular weight is 357 g/mol. The van der Waals surface area contributed by atoms with Crippen molar-refractivity contribution in [2.24, 2.45) is 5.16 Å². The van der Waals surface area contributed by atoms with Gasteiger partial charge in [-0.05, 0) is 47.1 Å². The fraction of sp³-hybridized carbons (Fsp3) is 0.824. The zero-order valence-corrected chi connectivity index (χ0v) is 15.3. The Morgan fingerprint density at radius 1 is 1.12 bits per heavy atom. The van der Waals surface area contributed by atoms with E-state index in [2.05, 4.69) is 5.16 Å². The first kappa shape index (κ1) is 18.8. The standard InChI is InChI=1S/C17H27NO7/c1-10(18-20)7-6-8-17(19)12(11-9-21-15(2,3)23-11)22-14-13(17)24-16(4,5)25-14/h6-7,11-14,19-20H,8-9H2,1-5H3/b7-6+,18-10-/t11-,12-,13+,14-,17-/m1/s1. The van der Waals surface area contributed by atoms with Gasteiger partial charge in [0.05, 0.1) is 12.3 Å². The number of aliphatic hydroxyl groups is 1. The Morgan fingerprint density at radius 2 is 1.84 bits per heavy atom. The molecule has 0 bridgehead atoms. The summed E-state index contributed by atoms with van der Waals surface area (Å²) in [5.41, 5.74) is -0.930. The summed E-state index contributed by atoms with van der Waals surface area (Å²) in [5.74, 6) is -1.57. The average Bonchev–Trinajstić information content (AvgIpc) is 3.10. The summed E-state index contributed by atoms with van der Waals surface area (Å²) in [5, 5.41) is 23.3. The van der Waals surface area contributed by atoms with Crippen molar-refractivity contribution in [3.8, 4) is 0 Å². The van der Waals surface area contributed by atoms with Crippen LogP contribution in [0.15, 0.2) is 17.3 Å². The summed E-state index contributed by atoms with van der Waals surface area (Å²) < 4.78 is 29.2. The zero-order valence-electron chi connectivity index (χ0n) is 15.3. The molecule has 0 spiro atoms. The van der Waals surface area contributed by atoms with E-state index in [9.17, 15) is 5.11 Å². The lowest BCUT2D eigenvalue weighted by atomic mass is 9.86. The lowest BCUT2D eigenvalue weighted by molar-refractivity contribution is -0.247. The van der Waals surface area contributed by atoms with Crippen LogP contribution in [0.4, 0.5) is 0 Å². The molecule has 3 rings (SSSR count). The minimum atomic E-state index is -1.36. The number of nitrogens with zero attached hydrogens (tertiary/aromatic N) is 1. The van der Waals surface area contributed by atoms with Gasteiger partial charge in [0, 0.05) is 0 Å². The zero-order chi connectivity index (χ0) is 18.5. The van der Waals surface area contributed by atoms with E-state index in [1.807, 2.05) is 13.8 Å². The summed E-state index contributed by atoms with van der Waals surface area (Å²) in [6.07, 6.45) is 1.13. The van der Waals surface area contributed by atoms with Crippen LogP contribution < -0.4 is 0 Å². The van der Waals surface area contributed by atoms with Crippen LogP contribution in [0.2, 0.25) is 0 Å². The molecule has 3 saturated heterocycles. The molecule has 0 radical (unpaired) electrons. The Hall–Kier alpha value is -1.03. The predicted molar refractivity (Wildman–Crippen MR) is 87.2 cm³/mol. The highest BCUT2D eigenvalue weighted by Crippen LogP contribution is 2.47. The summed E-state index contributed by atoms with van der Waals surface area (Å²) in [7, 11) is 0. The van der Waals surface area contributed by atoms with Crippen molar-refractivity contribution < 1.29 is 34.0 Å². The lowest BCUT2D eigenvalue weighted by Gasteiger charge is -2.35. The van der Waals surface area contributed by atoms with Crippen molar-refractivity contribution in [3.63, 3.8) is 0 Å². The molecule has 3 aliphatic heterocycles. The molecule has 2 N–H and O–H groups in total. The molecular formula is C17H27NO7. The normalized spacial score (nSPS) is 43.0. The van der Waals surface area contributed by atoms with E-state index in [1.54, 1.807) is 32.9 Å². The highest BCUT2D eigenvalue weighted by molar-refractivity contribution is 5.92. The van der Waals surface area contributed by atoms with Crippen molar-refractivity contribution >= 4 is 5.71 Å². The second-order valence-corrected chi connectivity index (χ2v) is 7.69. The molecule has 3 fully saturated rings. The Balaban J connectivity index is 1.83. The van der Waals surface area contributed by atoms with Gasteiger partial charge in [-0.3, -0.25) is 0 Å². The Kier molecular flexibility index (Phi) is 4.72. The van der Waals surface area contributed by atoms with Gasteiger partial charge in [-0.15, -0.1) is 0 Å². The van der Waals surface area contributed by atoms with Crippen LogP contribution in [0, 0.1) is 0 Å². The molecule has 0 aromatic carbocycles. The SMILES string of the molecule is CC(/C=C/C[C@@]1(O)[C@@H]([C@H]2COC(C)(C)O2)O[C@@H]2OC(C)(C)O[C@@H]21)=N/O. The first-order valence-electron chi connectivity index (χ1n) is 8.47. The second kappa shape index (κ2) is 6.29. The van der Waals surface area contributed by atoms with E-state index >= 15 is 0 Å². The van der Waals surface area contributed by atoms with Crippen LogP contribution >= 0.6 is 0 Å². The van der Waals surface area contributed by atoms with Gasteiger partial charge in [0.2, 0.25) is 0 Å². The van der Waals surface area contributed by atoms with Crippen molar-refractivity contribution in [1.29, 1.82) is 0 Å². The second-order valence-electron chi connectivity index (χ2n) is 7.69. The quantitative estimate of drug-likeness (QED) is 0.447. The molecule has 3 heterocycles. The molecule has 0 aliphatic carbocycles. The van der Waals surface area contributed by atoms with Gasteiger partial charge in [0.25, 0.3) is 0 Å². The summed E-state index contributed by atoms with van der Waals surface area (Å²) in [6.45, 7) is 9.16. The minimum Gasteiger partial charge on any atom is -0.411 e. The maximum atomic E-state index is 11.5. The van der Waals surface area contributed by atoms with Gasteiger partial charge in [-0.25, -0.2) is 0 Å². The fourth-order valence-electron chi connectivity index (χ4n) is 3.55. The number of hydrogen-bond acceptors (Lipinski definition) is 8. The molecule has 0 aromatic heterocycles. The van der Waals surface area contributed by atoms with Crippen molar-refractivity contribution in [3.05, 3.63) is 12.2 Å². The minimum absolute atomic E-state index is 0.228. The lowest BCUT2D eigenvalue weighted by Crippen LogP contribution is -2.53. The first-order valence-corrected chi connectivity index (χ1v) is 8.47. The van der Waals surface area contributed by atoms with Crippen molar-refractivity contribution in [2.45, 2.75) is 82.8 Å². The maximum Gasteiger partial charge on any atom is 0.190 e. The number of ether oxygens (including phenoxy) is 5. The molecule has 0 aromatic rings. The van der Waals surface area contributed by atoms with E-state index in [4.69, 9.17) is 28.9 Å². The van der Waals surface area contributed by atoms with Crippen LogP contribution in [0.1, 0.15) is 41.0 Å². The highest BCUT2D eigenvalue weighted by Gasteiger charge is 2.65. The van der Waals surface area contributed by atoms with Crippen LogP contribution in [0.5, 0.6) is 0 Å². The van der Waals surface area contributed by atoms with Crippen molar-refractivity contribution in [1.82, 2.24) is 0 Å². The summed E-state index contributed by atoms with van der Waals surface area (Å²) in [4.78, 5) is 0. The predicted octanol–water partition coefficient (Wildman–Crippen LogP) is 1.54. The van der Waals surface area contributed by atoms with Crippen LogP contribution in [-0.2, 0) is 23.7 Å². The molecule has 25 heavy (non-hydrogen) atoms. The van der Waals surface area contributed by atoms with Gasteiger partial charge < -0.3 is 34.0 Å². The highest BCUT2D eigenvalue weighted by atomic mass is 16.8. The van der Waals surface area contributed by atoms with Gasteiger partial charge >= 0.3 is 0 Å². The van der Waals surface area contributed by atoms with Crippen molar-refractivity contribution in [2.75, 3.05) is 6.61 Å². The molecule has 8 heteroatoms. The number of allylic oxidation sites excluding steroid dienone is 1. The topological polar surface area (TPSA) is 99.0 Å². The molecular weight excluding hydrogens is 330 g/mol. The summed E-state index contributed by atoms with van der Waals surface area (Å²) >= 11 is 0. The number of rotatable bonds is 4. The molecule has 5 atom stereocenters. The number of fused-ring (bicyclic) bond motifs is 1. The largest absolute Gasteiger partial charge is 0.411 e. The Bertz CT molecular complexity index is 573. The molecule has 0 unspecified atom stereocenters. The van der Waals surface area contributed by atoms with Gasteiger partial charge in [-0.2, -0.15) is 0 Å². The number of hydrogen-bond donors (Lipinski definition) is 2. The van der Waals surface area contributed by atoms with Crippen LogP contribution in [0.3, 0.4) is 0 Å². The number of oxime groups is 1. The Labute approximate surface area is 147 Å². The van der Waals surface area contributed by atoms with E-state index in [-0.39, 0.29) is 6.42 Å². The van der Waals surface area contributed by atoms with E-state index < -0.39 is 41.8 Å². The third kappa shape index (κ3) is 3.60. The molecule has 8 nitrogen and oxygen atoms in total. The molecule has 3 aliphatic rings. The molecule has 142 valence electrons. The van der Waals surface area contributed by atoms with Crippen LogP contribution in [-0.4, -0.2) is 64.4 Å². The van der Waals surface area contributed by atoms with E-state index in [0.717, 1.165) is 0 Å². The Morgan fingerprint density at radius 3 is 2.44 bits per heavy atom. The fourth-order valence-corrected chi connectivity index (χ4v) is 3.55. The van der Waals surface area contributed by atoms with Gasteiger partial charge in [0.15, 0.2) is 17.9 Å².